The van der Waals surface area contributed by atoms with Gasteiger partial charge in [0.2, 0.25) is 5.95 Å². The SMILES string of the molecule is CCOc1n[nH]c(N2CCCNCC2)n1. The molecule has 0 saturated carbocycles. The third-order valence-electron chi connectivity index (χ3n) is 2.37. The Kier molecular flexibility index (Phi) is 3.39. The third kappa shape index (κ3) is 2.59. The minimum atomic E-state index is 0.435. The molecule has 0 radical (unpaired) electrons. The maximum atomic E-state index is 5.21. The van der Waals surface area contributed by atoms with Gasteiger partial charge in [-0.15, -0.1) is 5.10 Å². The quantitative estimate of drug-likeness (QED) is 0.737. The molecule has 1 aromatic heterocycles. The third-order valence-corrected chi connectivity index (χ3v) is 2.37. The summed E-state index contributed by atoms with van der Waals surface area (Å²) in [7, 11) is 0. The molecule has 15 heavy (non-hydrogen) atoms. The van der Waals surface area contributed by atoms with Crippen molar-refractivity contribution in [3.63, 3.8) is 0 Å². The van der Waals surface area contributed by atoms with Crippen LogP contribution in [-0.2, 0) is 0 Å². The van der Waals surface area contributed by atoms with Crippen molar-refractivity contribution < 1.29 is 4.74 Å². The van der Waals surface area contributed by atoms with Gasteiger partial charge < -0.3 is 15.0 Å². The molecule has 0 unspecified atom stereocenters. The Hall–Kier alpha value is -1.30. The van der Waals surface area contributed by atoms with E-state index >= 15 is 0 Å². The second-order valence-electron chi connectivity index (χ2n) is 3.47. The van der Waals surface area contributed by atoms with Crippen molar-refractivity contribution in [3.05, 3.63) is 0 Å². The highest BCUT2D eigenvalue weighted by molar-refractivity contribution is 5.29. The van der Waals surface area contributed by atoms with E-state index in [9.17, 15) is 0 Å². The second kappa shape index (κ2) is 4.97. The molecule has 1 fully saturated rings. The largest absolute Gasteiger partial charge is 0.463 e. The molecule has 0 amide bonds. The van der Waals surface area contributed by atoms with Gasteiger partial charge in [0, 0.05) is 19.6 Å². The van der Waals surface area contributed by atoms with Gasteiger partial charge in [-0.05, 0) is 19.9 Å². The zero-order valence-electron chi connectivity index (χ0n) is 8.99. The van der Waals surface area contributed by atoms with Gasteiger partial charge in [0.15, 0.2) is 0 Å². The minimum absolute atomic E-state index is 0.435. The minimum Gasteiger partial charge on any atom is -0.463 e. The Balaban J connectivity index is 2.00. The lowest BCUT2D eigenvalue weighted by atomic mass is 10.4. The topological polar surface area (TPSA) is 66.1 Å². The number of nitrogens with zero attached hydrogens (tertiary/aromatic N) is 3. The molecule has 0 aliphatic carbocycles. The van der Waals surface area contributed by atoms with Crippen molar-refractivity contribution >= 4 is 5.95 Å². The first kappa shape index (κ1) is 10.2. The normalized spacial score (nSPS) is 17.5. The van der Waals surface area contributed by atoms with Crippen LogP contribution in [0.1, 0.15) is 13.3 Å². The van der Waals surface area contributed by atoms with E-state index in [2.05, 4.69) is 25.4 Å². The summed E-state index contributed by atoms with van der Waals surface area (Å²) in [5.41, 5.74) is 0. The van der Waals surface area contributed by atoms with E-state index in [4.69, 9.17) is 4.74 Å². The van der Waals surface area contributed by atoms with E-state index in [1.54, 1.807) is 0 Å². The predicted octanol–water partition coefficient (Wildman–Crippen LogP) is 0.00310. The molecule has 6 nitrogen and oxygen atoms in total. The smallest absolute Gasteiger partial charge is 0.337 e. The first-order chi connectivity index (χ1) is 7.40. The van der Waals surface area contributed by atoms with Crippen molar-refractivity contribution in [2.24, 2.45) is 0 Å². The number of H-pyrrole nitrogens is 1. The number of aromatic nitrogens is 3. The van der Waals surface area contributed by atoms with Crippen LogP contribution in [0.4, 0.5) is 5.95 Å². The summed E-state index contributed by atoms with van der Waals surface area (Å²) in [6, 6.07) is 0.435. The molecule has 0 spiro atoms. The summed E-state index contributed by atoms with van der Waals surface area (Å²) in [6.45, 7) is 6.55. The molecule has 0 bridgehead atoms. The van der Waals surface area contributed by atoms with E-state index in [1.165, 1.54) is 0 Å². The van der Waals surface area contributed by atoms with Crippen molar-refractivity contribution in [1.82, 2.24) is 20.5 Å². The predicted molar refractivity (Wildman–Crippen MR) is 57.3 cm³/mol. The molecule has 2 N–H and O–H groups in total. The van der Waals surface area contributed by atoms with E-state index < -0.39 is 0 Å². The fourth-order valence-electron chi connectivity index (χ4n) is 1.63. The summed E-state index contributed by atoms with van der Waals surface area (Å²) in [5.74, 6) is 0.808. The Labute approximate surface area is 89.0 Å². The van der Waals surface area contributed by atoms with Gasteiger partial charge >= 0.3 is 6.01 Å². The Morgan fingerprint density at radius 3 is 3.20 bits per heavy atom. The molecular formula is C9H17N5O. The van der Waals surface area contributed by atoms with Crippen molar-refractivity contribution in [1.29, 1.82) is 0 Å². The number of rotatable bonds is 3. The van der Waals surface area contributed by atoms with Crippen LogP contribution in [0.25, 0.3) is 0 Å². The van der Waals surface area contributed by atoms with Crippen LogP contribution in [-0.4, -0.2) is 48.0 Å². The zero-order valence-corrected chi connectivity index (χ0v) is 8.99. The number of nitrogens with one attached hydrogen (secondary N) is 2. The van der Waals surface area contributed by atoms with E-state index in [0.29, 0.717) is 12.6 Å². The summed E-state index contributed by atoms with van der Waals surface area (Å²) < 4.78 is 5.21. The Morgan fingerprint density at radius 1 is 1.40 bits per heavy atom. The van der Waals surface area contributed by atoms with Gasteiger partial charge in [0.1, 0.15) is 0 Å². The molecule has 1 saturated heterocycles. The Morgan fingerprint density at radius 2 is 2.33 bits per heavy atom. The monoisotopic (exact) mass is 211 g/mol. The molecule has 0 atom stereocenters. The average molecular weight is 211 g/mol. The maximum absolute atomic E-state index is 5.21. The van der Waals surface area contributed by atoms with Crippen molar-refractivity contribution in [2.75, 3.05) is 37.7 Å². The number of aromatic amines is 1. The molecule has 2 heterocycles. The van der Waals surface area contributed by atoms with Gasteiger partial charge in [-0.1, -0.05) is 0 Å². The van der Waals surface area contributed by atoms with Crippen molar-refractivity contribution in [3.8, 4) is 6.01 Å². The van der Waals surface area contributed by atoms with Crippen LogP contribution in [0.2, 0.25) is 0 Å². The maximum Gasteiger partial charge on any atom is 0.337 e. The Bertz CT molecular complexity index is 292. The molecule has 1 aliphatic rings. The standard InChI is InChI=1S/C9H17N5O/c1-2-15-9-11-8(12-13-9)14-6-3-4-10-5-7-14/h10H,2-7H2,1H3,(H,11,12,13). The number of hydrogen-bond acceptors (Lipinski definition) is 5. The van der Waals surface area contributed by atoms with Crippen LogP contribution in [0.5, 0.6) is 6.01 Å². The van der Waals surface area contributed by atoms with E-state index in [0.717, 1.165) is 38.5 Å². The van der Waals surface area contributed by atoms with Crippen LogP contribution in [0.3, 0.4) is 0 Å². The number of ether oxygens (including phenoxy) is 1. The van der Waals surface area contributed by atoms with Gasteiger partial charge in [-0.25, -0.2) is 5.10 Å². The highest BCUT2D eigenvalue weighted by Crippen LogP contribution is 2.11. The highest BCUT2D eigenvalue weighted by Gasteiger charge is 2.13. The fraction of sp³-hybridized carbons (Fsp3) is 0.778. The number of anilines is 1. The zero-order chi connectivity index (χ0) is 10.5. The summed E-state index contributed by atoms with van der Waals surface area (Å²) in [6.07, 6.45) is 1.13. The van der Waals surface area contributed by atoms with Crippen molar-refractivity contribution in [2.45, 2.75) is 13.3 Å². The van der Waals surface area contributed by atoms with Gasteiger partial charge in [0.05, 0.1) is 6.61 Å². The van der Waals surface area contributed by atoms with Crippen LogP contribution < -0.4 is 15.0 Å². The summed E-state index contributed by atoms with van der Waals surface area (Å²) >= 11 is 0. The first-order valence-electron chi connectivity index (χ1n) is 5.41. The van der Waals surface area contributed by atoms with Crippen LogP contribution in [0.15, 0.2) is 0 Å². The molecule has 0 aromatic carbocycles. The lowest BCUT2D eigenvalue weighted by molar-refractivity contribution is 0.314. The fourth-order valence-corrected chi connectivity index (χ4v) is 1.63. The molecular weight excluding hydrogens is 194 g/mol. The second-order valence-corrected chi connectivity index (χ2v) is 3.47. The van der Waals surface area contributed by atoms with Crippen LogP contribution >= 0.6 is 0 Å². The van der Waals surface area contributed by atoms with Gasteiger partial charge in [-0.3, -0.25) is 0 Å². The molecule has 1 aromatic rings. The first-order valence-corrected chi connectivity index (χ1v) is 5.41. The highest BCUT2D eigenvalue weighted by atomic mass is 16.5. The average Bonchev–Trinajstić information content (AvgIpc) is 2.53. The van der Waals surface area contributed by atoms with Gasteiger partial charge in [0.25, 0.3) is 0 Å². The summed E-state index contributed by atoms with van der Waals surface area (Å²) in [4.78, 5) is 6.46. The molecule has 84 valence electrons. The number of hydrogen-bond donors (Lipinski definition) is 2. The van der Waals surface area contributed by atoms with Gasteiger partial charge in [-0.2, -0.15) is 4.98 Å². The summed E-state index contributed by atoms with van der Waals surface area (Å²) in [5, 5.41) is 10.2. The van der Waals surface area contributed by atoms with E-state index in [1.807, 2.05) is 6.92 Å². The molecule has 6 heteroatoms. The van der Waals surface area contributed by atoms with E-state index in [-0.39, 0.29) is 0 Å². The van der Waals surface area contributed by atoms with Crippen LogP contribution in [0, 0.1) is 0 Å². The lowest BCUT2D eigenvalue weighted by Gasteiger charge is -2.17. The molecule has 1 aliphatic heterocycles. The molecule has 2 rings (SSSR count). The lowest BCUT2D eigenvalue weighted by Crippen LogP contribution is -2.28.